The summed E-state index contributed by atoms with van der Waals surface area (Å²) in [5, 5.41) is 15.6. The van der Waals surface area contributed by atoms with Gasteiger partial charge in [0.1, 0.15) is 5.69 Å². The van der Waals surface area contributed by atoms with Crippen molar-refractivity contribution in [2.45, 2.75) is 44.4 Å². The molecule has 2 amide bonds. The van der Waals surface area contributed by atoms with Gasteiger partial charge in [-0.3, -0.25) is 29.5 Å². The monoisotopic (exact) mass is 622 g/mol. The van der Waals surface area contributed by atoms with Gasteiger partial charge in [-0.2, -0.15) is 0 Å². The molecule has 4 rings (SSSR count). The van der Waals surface area contributed by atoms with E-state index in [4.69, 9.17) is 4.84 Å². The van der Waals surface area contributed by atoms with Crippen LogP contribution in [0.1, 0.15) is 36.3 Å². The molecule has 2 aromatic carbocycles. The molecule has 3 atom stereocenters. The Kier molecular flexibility index (Phi) is 9.51. The average molecular weight is 624 g/mol. The largest absolute Gasteiger partial charge is 0.481 e. The summed E-state index contributed by atoms with van der Waals surface area (Å²) in [6, 6.07) is 18.3. The van der Waals surface area contributed by atoms with E-state index in [2.05, 4.69) is 37.0 Å². The number of benzene rings is 2. The summed E-state index contributed by atoms with van der Waals surface area (Å²) in [6.07, 6.45) is 1.10. The molecule has 1 aromatic heterocycles. The molecule has 11 heteroatoms. The summed E-state index contributed by atoms with van der Waals surface area (Å²) >= 11 is 3.05. The Balaban J connectivity index is 1.64. The van der Waals surface area contributed by atoms with Crippen molar-refractivity contribution in [3.63, 3.8) is 0 Å². The SMILES string of the molecule is CC(C)[C@H](NC(=O)c1ccc2ccccc2n1)C1=CC(Cc2ccccc2)(C(=O)N[C@@H](CC(=O)O)C(=O)CBr)ON1. The Hall–Kier alpha value is -4.09. The molecule has 41 heavy (non-hydrogen) atoms. The summed E-state index contributed by atoms with van der Waals surface area (Å²) in [7, 11) is 0. The number of aliphatic carboxylic acids is 1. The molecule has 2 heterocycles. The highest BCUT2D eigenvalue weighted by molar-refractivity contribution is 9.09. The number of carboxylic acid groups (broad SMARTS) is 1. The van der Waals surface area contributed by atoms with E-state index in [9.17, 15) is 24.3 Å². The van der Waals surface area contributed by atoms with Crippen LogP contribution >= 0.6 is 15.9 Å². The van der Waals surface area contributed by atoms with Crippen LogP contribution in [0.4, 0.5) is 0 Å². The Morgan fingerprint density at radius 1 is 1.00 bits per heavy atom. The lowest BCUT2D eigenvalue weighted by molar-refractivity contribution is -0.147. The van der Waals surface area contributed by atoms with Crippen LogP contribution in [0.5, 0.6) is 0 Å². The van der Waals surface area contributed by atoms with Crippen LogP contribution in [0.2, 0.25) is 0 Å². The molecule has 1 aliphatic heterocycles. The molecule has 0 radical (unpaired) electrons. The first-order chi connectivity index (χ1) is 19.6. The number of halogens is 1. The molecule has 214 valence electrons. The van der Waals surface area contributed by atoms with Gasteiger partial charge in [0.05, 0.1) is 35.0 Å². The molecule has 1 unspecified atom stereocenters. The number of carboxylic acids is 1. The molecule has 0 aliphatic carbocycles. The van der Waals surface area contributed by atoms with Crippen molar-refractivity contribution in [2.24, 2.45) is 5.92 Å². The highest BCUT2D eigenvalue weighted by Gasteiger charge is 2.46. The van der Waals surface area contributed by atoms with Crippen LogP contribution in [0.25, 0.3) is 10.9 Å². The molecule has 4 N–H and O–H groups in total. The minimum absolute atomic E-state index is 0.0868. The molecule has 0 spiro atoms. The van der Waals surface area contributed by atoms with Gasteiger partial charge in [-0.05, 0) is 29.7 Å². The van der Waals surface area contributed by atoms with Crippen LogP contribution in [-0.2, 0) is 25.6 Å². The molecule has 0 fully saturated rings. The number of nitrogens with zero attached hydrogens (tertiary/aromatic N) is 1. The van der Waals surface area contributed by atoms with Crippen molar-refractivity contribution < 1.29 is 29.1 Å². The number of nitrogens with one attached hydrogen (secondary N) is 3. The lowest BCUT2D eigenvalue weighted by Crippen LogP contribution is -2.54. The van der Waals surface area contributed by atoms with E-state index in [0.717, 1.165) is 10.9 Å². The number of para-hydroxylation sites is 1. The molecule has 0 bridgehead atoms. The topological polar surface area (TPSA) is 147 Å². The zero-order valence-corrected chi connectivity index (χ0v) is 24.2. The number of ketones is 1. The number of hydrogen-bond acceptors (Lipinski definition) is 7. The number of amides is 2. The van der Waals surface area contributed by atoms with E-state index in [1.54, 1.807) is 12.1 Å². The lowest BCUT2D eigenvalue weighted by atomic mass is 9.90. The maximum absolute atomic E-state index is 13.7. The lowest BCUT2D eigenvalue weighted by Gasteiger charge is -2.27. The smallest absolute Gasteiger partial charge is 0.305 e. The van der Waals surface area contributed by atoms with Gasteiger partial charge in [0.15, 0.2) is 11.4 Å². The van der Waals surface area contributed by atoms with E-state index in [1.807, 2.05) is 74.5 Å². The van der Waals surface area contributed by atoms with Crippen molar-refractivity contribution >= 4 is 50.4 Å². The Bertz CT molecular complexity index is 1480. The number of hydrogen-bond donors (Lipinski definition) is 4. The van der Waals surface area contributed by atoms with Crippen LogP contribution in [0.3, 0.4) is 0 Å². The number of carbonyl (C=O) groups excluding carboxylic acids is 3. The fourth-order valence-electron chi connectivity index (χ4n) is 4.60. The fraction of sp³-hybridized carbons (Fsp3) is 0.300. The normalized spacial score (nSPS) is 17.8. The van der Waals surface area contributed by atoms with Crippen molar-refractivity contribution in [3.8, 4) is 0 Å². The number of aromatic nitrogens is 1. The third-order valence-electron chi connectivity index (χ3n) is 6.76. The van der Waals surface area contributed by atoms with Gasteiger partial charge < -0.3 is 15.7 Å². The van der Waals surface area contributed by atoms with Crippen LogP contribution in [0.15, 0.2) is 78.5 Å². The molecule has 1 aliphatic rings. The second-order valence-electron chi connectivity index (χ2n) is 10.2. The van der Waals surface area contributed by atoms with Gasteiger partial charge in [0.2, 0.25) is 0 Å². The average Bonchev–Trinajstić information content (AvgIpc) is 3.39. The fourth-order valence-corrected chi connectivity index (χ4v) is 4.99. The number of pyridine rings is 1. The van der Waals surface area contributed by atoms with E-state index in [0.29, 0.717) is 11.2 Å². The van der Waals surface area contributed by atoms with E-state index in [1.165, 1.54) is 0 Å². The minimum atomic E-state index is -1.63. The molecule has 0 saturated carbocycles. The van der Waals surface area contributed by atoms with Gasteiger partial charge in [0, 0.05) is 11.8 Å². The van der Waals surface area contributed by atoms with Gasteiger partial charge in [0.25, 0.3) is 11.8 Å². The maximum atomic E-state index is 13.7. The molecule has 0 saturated heterocycles. The third-order valence-corrected chi connectivity index (χ3v) is 7.31. The summed E-state index contributed by atoms with van der Waals surface area (Å²) in [5.74, 6) is -2.91. The van der Waals surface area contributed by atoms with Crippen LogP contribution < -0.4 is 16.1 Å². The summed E-state index contributed by atoms with van der Waals surface area (Å²) in [6.45, 7) is 3.83. The second-order valence-corrected chi connectivity index (χ2v) is 10.7. The molecule has 10 nitrogen and oxygen atoms in total. The van der Waals surface area contributed by atoms with Gasteiger partial charge in [-0.15, -0.1) is 0 Å². The zero-order chi connectivity index (χ0) is 29.6. The number of rotatable bonds is 12. The number of hydroxylamine groups is 1. The van der Waals surface area contributed by atoms with Gasteiger partial charge in [-0.25, -0.2) is 4.98 Å². The quantitative estimate of drug-likeness (QED) is 0.225. The molecular formula is C30H31BrN4O6. The van der Waals surface area contributed by atoms with Gasteiger partial charge >= 0.3 is 5.97 Å². The van der Waals surface area contributed by atoms with Crippen LogP contribution in [0, 0.1) is 5.92 Å². The van der Waals surface area contributed by atoms with Crippen molar-refractivity contribution in [1.29, 1.82) is 0 Å². The highest BCUT2D eigenvalue weighted by Crippen LogP contribution is 2.29. The number of fused-ring (bicyclic) bond motifs is 1. The van der Waals surface area contributed by atoms with Crippen LogP contribution in [-0.4, -0.2) is 56.7 Å². The first kappa shape index (κ1) is 29.9. The summed E-state index contributed by atoms with van der Waals surface area (Å²) in [4.78, 5) is 61.2. The Morgan fingerprint density at radius 3 is 2.39 bits per heavy atom. The predicted molar refractivity (Wildman–Crippen MR) is 156 cm³/mol. The van der Waals surface area contributed by atoms with E-state index < -0.39 is 47.7 Å². The first-order valence-electron chi connectivity index (χ1n) is 13.1. The molecule has 3 aromatic rings. The zero-order valence-electron chi connectivity index (χ0n) is 22.6. The number of alkyl halides is 1. The highest BCUT2D eigenvalue weighted by atomic mass is 79.9. The molecular weight excluding hydrogens is 592 g/mol. The van der Waals surface area contributed by atoms with Gasteiger partial charge in [-0.1, -0.05) is 84.4 Å². The standard InChI is InChI=1S/C30H31BrN4O6/c1-18(2)27(34-28(39)22-13-12-20-10-6-7-11-21(20)32-22)24-16-30(41-35-24,15-19-8-4-3-5-9-19)29(40)33-23(14-26(37)38)25(36)17-31/h3-13,16,18,23,27,35H,14-15,17H2,1-2H3,(H,33,40)(H,34,39)(H,37,38)/t23-,27-,30?/m0/s1. The Labute approximate surface area is 245 Å². The number of carbonyl (C=O) groups is 4. The Morgan fingerprint density at radius 2 is 1.71 bits per heavy atom. The maximum Gasteiger partial charge on any atom is 0.305 e. The second kappa shape index (κ2) is 13.0. The van der Waals surface area contributed by atoms with E-state index in [-0.39, 0.29) is 23.4 Å². The van der Waals surface area contributed by atoms with Crippen molar-refractivity contribution in [3.05, 3.63) is 89.8 Å². The minimum Gasteiger partial charge on any atom is -0.481 e. The van der Waals surface area contributed by atoms with Crippen molar-refractivity contribution in [1.82, 2.24) is 21.1 Å². The van der Waals surface area contributed by atoms with E-state index >= 15 is 0 Å². The third kappa shape index (κ3) is 7.17. The number of Topliss-reactive ketones (excluding diaryl/α,β-unsaturated/α-hetero) is 1. The summed E-state index contributed by atoms with van der Waals surface area (Å²) in [5.41, 5.74) is 3.35. The summed E-state index contributed by atoms with van der Waals surface area (Å²) < 4.78 is 0. The first-order valence-corrected chi connectivity index (χ1v) is 14.2. The predicted octanol–water partition coefficient (Wildman–Crippen LogP) is 3.31. The van der Waals surface area contributed by atoms with Crippen molar-refractivity contribution in [2.75, 3.05) is 5.33 Å².